The predicted octanol–water partition coefficient (Wildman–Crippen LogP) is 5.34. The highest BCUT2D eigenvalue weighted by molar-refractivity contribution is 6.36. The third-order valence-corrected chi connectivity index (χ3v) is 5.44. The quantitative estimate of drug-likeness (QED) is 0.295. The zero-order valence-corrected chi connectivity index (χ0v) is 15.6. The number of halogens is 4. The van der Waals surface area contributed by atoms with Gasteiger partial charge in [0.15, 0.2) is 0 Å². The lowest BCUT2D eigenvalue weighted by Gasteiger charge is -2.13. The largest absolute Gasteiger partial charge is 0.460 e. The molecule has 1 saturated carbocycles. The maximum absolute atomic E-state index is 14.2. The Morgan fingerprint density at radius 2 is 1.84 bits per heavy atom. The molecule has 0 saturated heterocycles. The summed E-state index contributed by atoms with van der Waals surface area (Å²) >= 11 is 11.9. The fraction of sp³-hybridized carbons (Fsp3) is 0.421. The lowest BCUT2D eigenvalue weighted by atomic mass is 10.1. The van der Waals surface area contributed by atoms with E-state index in [-0.39, 0.29) is 44.8 Å². The fourth-order valence-corrected chi connectivity index (χ4v) is 3.61. The molecule has 2 rings (SSSR count). The molecular weight excluding hydrogens is 369 g/mol. The van der Waals surface area contributed by atoms with Crippen LogP contribution in [0.3, 0.4) is 0 Å². The second-order valence-corrected chi connectivity index (χ2v) is 7.31. The van der Waals surface area contributed by atoms with Crippen LogP contribution in [0.2, 0.25) is 10.0 Å². The molecule has 0 aliphatic heterocycles. The monoisotopic (exact) mass is 386 g/mol. The van der Waals surface area contributed by atoms with Crippen LogP contribution in [-0.4, -0.2) is 5.97 Å². The standard InChI is InChI=1S/C19H18Cl2F2O2/c1-5-7-10-16(22)14(20)11(15(21)17(10)23)9-25-18(24)13-12(8-6-2)19(13,3)4/h1,6,8,12-13H,7,9H2,2-4H3/t12-,13+/m1/s1. The first kappa shape index (κ1) is 19.8. The highest BCUT2D eigenvalue weighted by Gasteiger charge is 2.61. The van der Waals surface area contributed by atoms with Crippen LogP contribution in [0.25, 0.3) is 0 Å². The van der Waals surface area contributed by atoms with Crippen molar-refractivity contribution in [3.05, 3.63) is 45.0 Å². The number of terminal acetylenes is 1. The van der Waals surface area contributed by atoms with Crippen LogP contribution < -0.4 is 0 Å². The maximum atomic E-state index is 14.2. The molecular formula is C19H18Cl2F2O2. The van der Waals surface area contributed by atoms with Gasteiger partial charge in [0, 0.05) is 17.5 Å². The minimum Gasteiger partial charge on any atom is -0.460 e. The number of carbonyl (C=O) groups is 1. The number of carbonyl (C=O) groups excluding carboxylic acids is 1. The predicted molar refractivity (Wildman–Crippen MR) is 94.3 cm³/mol. The number of hydrogen-bond donors (Lipinski definition) is 0. The van der Waals surface area contributed by atoms with Crippen LogP contribution >= 0.6 is 23.2 Å². The molecule has 0 aromatic heterocycles. The SMILES string of the molecule is C#CCc1c(F)c(Cl)c(COC(=O)[C@@H]2[C@@H](C=CC)C2(C)C)c(Cl)c1F. The number of hydrogen-bond acceptors (Lipinski definition) is 2. The Kier molecular flexibility index (Phi) is 5.81. The summed E-state index contributed by atoms with van der Waals surface area (Å²) in [6, 6.07) is 0. The van der Waals surface area contributed by atoms with Crippen LogP contribution in [0.1, 0.15) is 31.9 Å². The Bertz CT molecular complexity index is 750. The van der Waals surface area contributed by atoms with Gasteiger partial charge in [-0.15, -0.1) is 12.3 Å². The van der Waals surface area contributed by atoms with Crippen LogP contribution in [0.15, 0.2) is 12.2 Å². The number of benzene rings is 1. The summed E-state index contributed by atoms with van der Waals surface area (Å²) in [6.07, 6.45) is 8.64. The third kappa shape index (κ3) is 3.54. The van der Waals surface area contributed by atoms with Gasteiger partial charge in [-0.3, -0.25) is 4.79 Å². The minimum atomic E-state index is -0.980. The molecule has 2 atom stereocenters. The molecule has 0 N–H and O–H groups in total. The van der Waals surface area contributed by atoms with Crippen LogP contribution in [-0.2, 0) is 22.6 Å². The number of ether oxygens (including phenoxy) is 1. The maximum Gasteiger partial charge on any atom is 0.310 e. The van der Waals surface area contributed by atoms with E-state index in [4.69, 9.17) is 34.4 Å². The first-order chi connectivity index (χ1) is 11.7. The summed E-state index contributed by atoms with van der Waals surface area (Å²) < 4.78 is 33.6. The molecule has 0 spiro atoms. The molecule has 0 radical (unpaired) electrons. The number of rotatable bonds is 5. The van der Waals surface area contributed by atoms with Gasteiger partial charge in [0.05, 0.1) is 16.0 Å². The highest BCUT2D eigenvalue weighted by Crippen LogP contribution is 2.59. The van der Waals surface area contributed by atoms with Crippen molar-refractivity contribution in [2.45, 2.75) is 33.8 Å². The Labute approximate surface area is 156 Å². The summed E-state index contributed by atoms with van der Waals surface area (Å²) in [5.74, 6) is -0.498. The van der Waals surface area contributed by atoms with E-state index in [1.54, 1.807) is 0 Å². The molecule has 2 nitrogen and oxygen atoms in total. The van der Waals surface area contributed by atoms with Crippen molar-refractivity contribution >= 4 is 29.2 Å². The first-order valence-corrected chi connectivity index (χ1v) is 8.50. The summed E-state index contributed by atoms with van der Waals surface area (Å²) in [4.78, 5) is 12.3. The van der Waals surface area contributed by atoms with Crippen molar-refractivity contribution in [1.29, 1.82) is 0 Å². The van der Waals surface area contributed by atoms with E-state index >= 15 is 0 Å². The lowest BCUT2D eigenvalue weighted by molar-refractivity contribution is -0.147. The van der Waals surface area contributed by atoms with Crippen LogP contribution in [0.5, 0.6) is 0 Å². The molecule has 25 heavy (non-hydrogen) atoms. The lowest BCUT2D eigenvalue weighted by Crippen LogP contribution is -2.12. The van der Waals surface area contributed by atoms with Crippen molar-refractivity contribution in [3.63, 3.8) is 0 Å². The molecule has 1 aromatic rings. The molecule has 1 fully saturated rings. The topological polar surface area (TPSA) is 26.3 Å². The van der Waals surface area contributed by atoms with Crippen molar-refractivity contribution in [2.75, 3.05) is 0 Å². The summed E-state index contributed by atoms with van der Waals surface area (Å²) in [7, 11) is 0. The Morgan fingerprint density at radius 1 is 1.28 bits per heavy atom. The van der Waals surface area contributed by atoms with E-state index in [0.717, 1.165) is 0 Å². The van der Waals surface area contributed by atoms with Gasteiger partial charge in [-0.25, -0.2) is 8.78 Å². The van der Waals surface area contributed by atoms with Crippen molar-refractivity contribution in [2.24, 2.45) is 17.3 Å². The third-order valence-electron chi connectivity index (χ3n) is 4.65. The number of esters is 1. The molecule has 0 unspecified atom stereocenters. The average Bonchev–Trinajstić information content (AvgIpc) is 3.10. The van der Waals surface area contributed by atoms with E-state index in [1.165, 1.54) is 0 Å². The molecule has 0 heterocycles. The van der Waals surface area contributed by atoms with Crippen molar-refractivity contribution in [1.82, 2.24) is 0 Å². The van der Waals surface area contributed by atoms with E-state index in [0.29, 0.717) is 0 Å². The van der Waals surface area contributed by atoms with Crippen LogP contribution in [0.4, 0.5) is 8.78 Å². The molecule has 0 amide bonds. The summed E-state index contributed by atoms with van der Waals surface area (Å²) in [5.41, 5.74) is -0.692. The van der Waals surface area contributed by atoms with Gasteiger partial charge < -0.3 is 4.74 Å². The molecule has 134 valence electrons. The average molecular weight is 387 g/mol. The Balaban J connectivity index is 2.20. The number of allylic oxidation sites excluding steroid dienone is 2. The van der Waals surface area contributed by atoms with Gasteiger partial charge in [0.1, 0.15) is 18.2 Å². The van der Waals surface area contributed by atoms with Gasteiger partial charge in [0.25, 0.3) is 0 Å². The summed E-state index contributed by atoms with van der Waals surface area (Å²) in [6.45, 7) is 5.38. The fourth-order valence-electron chi connectivity index (χ4n) is 3.03. The molecule has 6 heteroatoms. The molecule has 0 bridgehead atoms. The van der Waals surface area contributed by atoms with E-state index < -0.39 is 24.2 Å². The minimum absolute atomic E-state index is 0.0717. The molecule has 1 aliphatic rings. The van der Waals surface area contributed by atoms with Crippen molar-refractivity contribution in [3.8, 4) is 12.3 Å². The van der Waals surface area contributed by atoms with Gasteiger partial charge in [0.2, 0.25) is 0 Å². The zero-order valence-electron chi connectivity index (χ0n) is 14.1. The Hall–Kier alpha value is -1.57. The van der Waals surface area contributed by atoms with E-state index in [9.17, 15) is 13.6 Å². The second kappa shape index (κ2) is 7.35. The first-order valence-electron chi connectivity index (χ1n) is 7.75. The van der Waals surface area contributed by atoms with Crippen LogP contribution in [0, 0.1) is 41.2 Å². The Morgan fingerprint density at radius 3 is 2.32 bits per heavy atom. The van der Waals surface area contributed by atoms with E-state index in [2.05, 4.69) is 5.92 Å². The zero-order chi connectivity index (χ0) is 18.9. The van der Waals surface area contributed by atoms with Gasteiger partial charge >= 0.3 is 5.97 Å². The van der Waals surface area contributed by atoms with Gasteiger partial charge in [-0.05, 0) is 18.3 Å². The normalized spacial score (nSPS) is 21.2. The second-order valence-electron chi connectivity index (χ2n) is 6.55. The van der Waals surface area contributed by atoms with Gasteiger partial charge in [-0.2, -0.15) is 0 Å². The van der Waals surface area contributed by atoms with Crippen molar-refractivity contribution < 1.29 is 18.3 Å². The smallest absolute Gasteiger partial charge is 0.310 e. The molecule has 1 aliphatic carbocycles. The summed E-state index contributed by atoms with van der Waals surface area (Å²) in [5, 5.41) is -0.769. The van der Waals surface area contributed by atoms with E-state index in [1.807, 2.05) is 32.9 Å². The highest BCUT2D eigenvalue weighted by atomic mass is 35.5. The molecule has 1 aromatic carbocycles. The van der Waals surface area contributed by atoms with Gasteiger partial charge in [-0.1, -0.05) is 49.2 Å².